The minimum Gasteiger partial charge on any atom is -0.478 e. The molecule has 1 heterocycles. The number of rotatable bonds is 5. The minimum atomic E-state index is -0.999. The number of hydrogen-bond acceptors (Lipinski definition) is 4. The van der Waals surface area contributed by atoms with Crippen molar-refractivity contribution < 1.29 is 14.3 Å². The quantitative estimate of drug-likeness (QED) is 0.713. The number of carbonyl (C=O) groups is 1. The molecule has 25 heavy (non-hydrogen) atoms. The first-order valence-electron chi connectivity index (χ1n) is 8.20. The fraction of sp³-hybridized carbons (Fsp3) is 0.200. The van der Waals surface area contributed by atoms with Crippen molar-refractivity contribution in [2.45, 2.75) is 13.8 Å². The highest BCUT2D eigenvalue weighted by Gasteiger charge is 2.11. The lowest BCUT2D eigenvalue weighted by Crippen LogP contribution is -2.21. The summed E-state index contributed by atoms with van der Waals surface area (Å²) in [5, 5.41) is 9.80. The molecule has 1 N–H and O–H groups in total. The Kier molecular flexibility index (Phi) is 4.57. The average molecular weight is 337 g/mol. The van der Waals surface area contributed by atoms with Gasteiger partial charge in [-0.2, -0.15) is 0 Å². The van der Waals surface area contributed by atoms with Crippen LogP contribution in [0.2, 0.25) is 0 Å². The maximum atomic E-state index is 12.4. The summed E-state index contributed by atoms with van der Waals surface area (Å²) >= 11 is 0. The van der Waals surface area contributed by atoms with Gasteiger partial charge in [0.15, 0.2) is 0 Å². The number of nitrogens with zero attached hydrogens (tertiary/aromatic N) is 1. The molecule has 1 aromatic heterocycles. The summed E-state index contributed by atoms with van der Waals surface area (Å²) in [5.74, 6) is -0.999. The van der Waals surface area contributed by atoms with E-state index >= 15 is 0 Å². The van der Waals surface area contributed by atoms with Crippen molar-refractivity contribution in [3.8, 4) is 11.1 Å². The van der Waals surface area contributed by atoms with Gasteiger partial charge < -0.3 is 14.4 Å². The van der Waals surface area contributed by atoms with Crippen molar-refractivity contribution in [3.05, 3.63) is 64.5 Å². The molecule has 0 bridgehead atoms. The molecule has 0 fully saturated rings. The second kappa shape index (κ2) is 6.81. The van der Waals surface area contributed by atoms with Gasteiger partial charge in [0.2, 0.25) is 0 Å². The van der Waals surface area contributed by atoms with Gasteiger partial charge in [-0.25, -0.2) is 9.59 Å². The molecular formula is C20H19NO4. The smallest absolute Gasteiger partial charge is 0.344 e. The number of anilines is 1. The number of benzene rings is 2. The summed E-state index contributed by atoms with van der Waals surface area (Å²) in [6.07, 6.45) is 0. The molecular weight excluding hydrogens is 318 g/mol. The van der Waals surface area contributed by atoms with E-state index in [1.165, 1.54) is 12.1 Å². The predicted molar refractivity (Wildman–Crippen MR) is 98.4 cm³/mol. The summed E-state index contributed by atoms with van der Waals surface area (Å²) in [5.41, 5.74) is 2.35. The third-order valence-corrected chi connectivity index (χ3v) is 4.29. The highest BCUT2D eigenvalue weighted by molar-refractivity contribution is 5.89. The molecule has 3 aromatic rings. The van der Waals surface area contributed by atoms with Crippen LogP contribution in [0.1, 0.15) is 24.2 Å². The largest absolute Gasteiger partial charge is 0.478 e. The normalized spacial score (nSPS) is 10.8. The molecule has 0 atom stereocenters. The summed E-state index contributed by atoms with van der Waals surface area (Å²) in [6, 6.07) is 13.8. The van der Waals surface area contributed by atoms with Gasteiger partial charge in [0.25, 0.3) is 0 Å². The number of carboxylic acid groups (broad SMARTS) is 1. The third-order valence-electron chi connectivity index (χ3n) is 4.29. The lowest BCUT2D eigenvalue weighted by atomic mass is 10.0. The van der Waals surface area contributed by atoms with Crippen LogP contribution < -0.4 is 10.5 Å². The fourth-order valence-corrected chi connectivity index (χ4v) is 2.88. The van der Waals surface area contributed by atoms with Gasteiger partial charge in [0.05, 0.1) is 11.1 Å². The second-order valence-electron chi connectivity index (χ2n) is 5.72. The Balaban J connectivity index is 2.06. The van der Waals surface area contributed by atoms with Crippen molar-refractivity contribution in [1.29, 1.82) is 0 Å². The summed E-state index contributed by atoms with van der Waals surface area (Å²) < 4.78 is 5.51. The summed E-state index contributed by atoms with van der Waals surface area (Å²) in [6.45, 7) is 5.90. The van der Waals surface area contributed by atoms with Crippen molar-refractivity contribution in [2.75, 3.05) is 18.0 Å². The van der Waals surface area contributed by atoms with E-state index in [9.17, 15) is 9.59 Å². The highest BCUT2D eigenvalue weighted by atomic mass is 16.4. The lowest BCUT2D eigenvalue weighted by Gasteiger charge is -2.21. The van der Waals surface area contributed by atoms with Crippen LogP contribution in [-0.4, -0.2) is 24.2 Å². The van der Waals surface area contributed by atoms with Crippen LogP contribution in [0.5, 0.6) is 0 Å². The fourth-order valence-electron chi connectivity index (χ4n) is 2.88. The topological polar surface area (TPSA) is 70.8 Å². The zero-order valence-electron chi connectivity index (χ0n) is 14.2. The van der Waals surface area contributed by atoms with Gasteiger partial charge in [-0.05, 0) is 49.7 Å². The lowest BCUT2D eigenvalue weighted by molar-refractivity contribution is 0.0697. The first kappa shape index (κ1) is 16.8. The summed E-state index contributed by atoms with van der Waals surface area (Å²) in [4.78, 5) is 25.5. The highest BCUT2D eigenvalue weighted by Crippen LogP contribution is 2.25. The molecule has 3 rings (SSSR count). The van der Waals surface area contributed by atoms with Gasteiger partial charge in [0.1, 0.15) is 5.58 Å². The van der Waals surface area contributed by atoms with E-state index in [1.54, 1.807) is 18.2 Å². The maximum Gasteiger partial charge on any atom is 0.344 e. The molecule has 0 aliphatic heterocycles. The summed E-state index contributed by atoms with van der Waals surface area (Å²) in [7, 11) is 0. The first-order valence-corrected chi connectivity index (χ1v) is 8.20. The van der Waals surface area contributed by atoms with Crippen molar-refractivity contribution in [2.24, 2.45) is 0 Å². The van der Waals surface area contributed by atoms with Gasteiger partial charge in [-0.15, -0.1) is 0 Å². The van der Waals surface area contributed by atoms with E-state index in [0.29, 0.717) is 16.7 Å². The predicted octanol–water partition coefficient (Wildman–Crippen LogP) is 4.00. The Morgan fingerprint density at radius 1 is 1.04 bits per heavy atom. The number of aromatic carboxylic acids is 1. The molecule has 128 valence electrons. The standard InChI is InChI=1S/C20H19NO4/c1-3-21(4-2)16-10-9-15-11-17(20(24)25-18(15)12-16)13-5-7-14(8-6-13)19(22)23/h5-12H,3-4H2,1-2H3,(H,22,23). The molecule has 0 radical (unpaired) electrons. The molecule has 5 heteroatoms. The van der Waals surface area contributed by atoms with Crippen LogP contribution in [0.3, 0.4) is 0 Å². The monoisotopic (exact) mass is 337 g/mol. The second-order valence-corrected chi connectivity index (χ2v) is 5.72. The van der Waals surface area contributed by atoms with E-state index in [4.69, 9.17) is 9.52 Å². The van der Waals surface area contributed by atoms with Crippen LogP contribution in [0.4, 0.5) is 5.69 Å². The van der Waals surface area contributed by atoms with Crippen LogP contribution in [0, 0.1) is 0 Å². The van der Waals surface area contributed by atoms with Crippen LogP contribution in [-0.2, 0) is 0 Å². The zero-order chi connectivity index (χ0) is 18.0. The SMILES string of the molecule is CCN(CC)c1ccc2cc(-c3ccc(C(=O)O)cc3)c(=O)oc2c1. The molecule has 0 amide bonds. The Bertz CT molecular complexity index is 969. The van der Waals surface area contributed by atoms with E-state index in [-0.39, 0.29) is 5.56 Å². The minimum absolute atomic E-state index is 0.179. The number of carboxylic acids is 1. The van der Waals surface area contributed by atoms with Crippen molar-refractivity contribution in [3.63, 3.8) is 0 Å². The van der Waals surface area contributed by atoms with E-state index < -0.39 is 11.6 Å². The van der Waals surface area contributed by atoms with Gasteiger partial charge in [-0.1, -0.05) is 12.1 Å². The molecule has 0 saturated heterocycles. The first-order chi connectivity index (χ1) is 12.0. The Morgan fingerprint density at radius 3 is 2.32 bits per heavy atom. The van der Waals surface area contributed by atoms with Crippen LogP contribution in [0.15, 0.2) is 57.7 Å². The van der Waals surface area contributed by atoms with Crippen molar-refractivity contribution in [1.82, 2.24) is 0 Å². The molecule has 5 nitrogen and oxygen atoms in total. The van der Waals surface area contributed by atoms with E-state index in [1.807, 2.05) is 18.2 Å². The number of hydrogen-bond donors (Lipinski definition) is 1. The van der Waals surface area contributed by atoms with Crippen molar-refractivity contribution >= 4 is 22.6 Å². The molecule has 0 saturated carbocycles. The molecule has 0 aliphatic rings. The molecule has 2 aromatic carbocycles. The maximum absolute atomic E-state index is 12.4. The van der Waals surface area contributed by atoms with E-state index in [0.717, 1.165) is 24.2 Å². The Hall–Kier alpha value is -3.08. The molecule has 0 aliphatic carbocycles. The molecule has 0 unspecified atom stereocenters. The van der Waals surface area contributed by atoms with Gasteiger partial charge >= 0.3 is 11.6 Å². The van der Waals surface area contributed by atoms with Gasteiger partial charge in [-0.3, -0.25) is 0 Å². The zero-order valence-corrected chi connectivity index (χ0v) is 14.2. The van der Waals surface area contributed by atoms with Crippen LogP contribution >= 0.6 is 0 Å². The van der Waals surface area contributed by atoms with Gasteiger partial charge in [0, 0.05) is 30.2 Å². The number of fused-ring (bicyclic) bond motifs is 1. The third kappa shape index (κ3) is 3.26. The Labute approximate surface area is 145 Å². The Morgan fingerprint density at radius 2 is 1.72 bits per heavy atom. The average Bonchev–Trinajstić information content (AvgIpc) is 2.62. The molecule has 0 spiro atoms. The van der Waals surface area contributed by atoms with E-state index in [2.05, 4.69) is 18.7 Å². The van der Waals surface area contributed by atoms with Crippen LogP contribution in [0.25, 0.3) is 22.1 Å².